The van der Waals surface area contributed by atoms with Crippen LogP contribution in [0.15, 0.2) is 42.5 Å². The third kappa shape index (κ3) is 1.43. The molecule has 2 aromatic rings. The van der Waals surface area contributed by atoms with Gasteiger partial charge in [-0.15, -0.1) is 0 Å². The highest BCUT2D eigenvalue weighted by Crippen LogP contribution is 2.34. The van der Waals surface area contributed by atoms with E-state index in [0.29, 0.717) is 5.41 Å². The Morgan fingerprint density at radius 2 is 1.88 bits per heavy atom. The summed E-state index contributed by atoms with van der Waals surface area (Å²) in [5.74, 6) is 0. The van der Waals surface area contributed by atoms with Gasteiger partial charge >= 0.3 is 0 Å². The maximum Gasteiger partial charge on any atom is 0.00677 e. The lowest BCUT2D eigenvalue weighted by molar-refractivity contribution is 0.530. The van der Waals surface area contributed by atoms with Gasteiger partial charge in [0, 0.05) is 12.0 Å². The summed E-state index contributed by atoms with van der Waals surface area (Å²) >= 11 is 0. The van der Waals surface area contributed by atoms with Crippen molar-refractivity contribution in [2.75, 3.05) is 13.1 Å². The molecule has 1 aliphatic heterocycles. The molecule has 0 amide bonds. The molecule has 1 N–H and O–H groups in total. The SMILES string of the molecule is CC1(c2cccc3ccccc23)CCNC1. The standard InChI is InChI=1S/C15H17N/c1-15(9-10-16-11-15)14-8-4-6-12-5-2-3-7-13(12)14/h2-8,16H,9-11H2,1H3. The normalized spacial score (nSPS) is 25.1. The van der Waals surface area contributed by atoms with Gasteiger partial charge in [-0.25, -0.2) is 0 Å². The minimum absolute atomic E-state index is 0.306. The molecular formula is C15H17N. The summed E-state index contributed by atoms with van der Waals surface area (Å²) in [5.41, 5.74) is 1.80. The summed E-state index contributed by atoms with van der Waals surface area (Å²) in [6.07, 6.45) is 1.24. The third-order valence-electron chi connectivity index (χ3n) is 3.81. The molecule has 0 spiro atoms. The molecule has 0 aromatic heterocycles. The smallest absolute Gasteiger partial charge is 0.00677 e. The molecule has 2 aromatic carbocycles. The van der Waals surface area contributed by atoms with Crippen molar-refractivity contribution in [2.24, 2.45) is 0 Å². The zero-order valence-electron chi connectivity index (χ0n) is 9.66. The van der Waals surface area contributed by atoms with Gasteiger partial charge in [-0.2, -0.15) is 0 Å². The summed E-state index contributed by atoms with van der Waals surface area (Å²) in [4.78, 5) is 0. The second-order valence-electron chi connectivity index (χ2n) is 5.01. The molecule has 1 nitrogen and oxygen atoms in total. The average molecular weight is 211 g/mol. The Morgan fingerprint density at radius 3 is 2.69 bits per heavy atom. The van der Waals surface area contributed by atoms with Crippen LogP contribution in [-0.2, 0) is 5.41 Å². The van der Waals surface area contributed by atoms with E-state index in [0.717, 1.165) is 13.1 Å². The first-order valence-electron chi connectivity index (χ1n) is 5.99. The second-order valence-corrected chi connectivity index (χ2v) is 5.01. The van der Waals surface area contributed by atoms with Crippen LogP contribution in [0.5, 0.6) is 0 Å². The molecule has 1 fully saturated rings. The van der Waals surface area contributed by atoms with E-state index < -0.39 is 0 Å². The fourth-order valence-corrected chi connectivity index (χ4v) is 2.80. The Labute approximate surface area is 96.5 Å². The summed E-state index contributed by atoms with van der Waals surface area (Å²) < 4.78 is 0. The van der Waals surface area contributed by atoms with Crippen molar-refractivity contribution in [1.29, 1.82) is 0 Å². The first-order valence-corrected chi connectivity index (χ1v) is 5.99. The monoisotopic (exact) mass is 211 g/mol. The highest BCUT2D eigenvalue weighted by Gasteiger charge is 2.31. The van der Waals surface area contributed by atoms with E-state index in [4.69, 9.17) is 0 Å². The van der Waals surface area contributed by atoms with E-state index in [9.17, 15) is 0 Å². The highest BCUT2D eigenvalue weighted by atomic mass is 14.9. The van der Waals surface area contributed by atoms with Crippen LogP contribution in [0, 0.1) is 0 Å². The van der Waals surface area contributed by atoms with Gasteiger partial charge in [-0.05, 0) is 29.3 Å². The minimum Gasteiger partial charge on any atom is -0.316 e. The van der Waals surface area contributed by atoms with Crippen LogP contribution in [0.3, 0.4) is 0 Å². The molecule has 1 unspecified atom stereocenters. The average Bonchev–Trinajstić information content (AvgIpc) is 2.77. The fraction of sp³-hybridized carbons (Fsp3) is 0.333. The van der Waals surface area contributed by atoms with Crippen molar-refractivity contribution in [3.63, 3.8) is 0 Å². The Balaban J connectivity index is 2.23. The van der Waals surface area contributed by atoms with Crippen molar-refractivity contribution >= 4 is 10.8 Å². The van der Waals surface area contributed by atoms with Gasteiger partial charge in [0.1, 0.15) is 0 Å². The quantitative estimate of drug-likeness (QED) is 0.764. The van der Waals surface area contributed by atoms with Crippen molar-refractivity contribution in [1.82, 2.24) is 5.32 Å². The van der Waals surface area contributed by atoms with Crippen LogP contribution in [0.4, 0.5) is 0 Å². The van der Waals surface area contributed by atoms with Crippen molar-refractivity contribution < 1.29 is 0 Å². The zero-order chi connectivity index (χ0) is 11.0. The molecule has 1 heteroatoms. The first-order chi connectivity index (χ1) is 7.80. The zero-order valence-corrected chi connectivity index (χ0v) is 9.66. The van der Waals surface area contributed by atoms with E-state index in [1.54, 1.807) is 0 Å². The van der Waals surface area contributed by atoms with Gasteiger partial charge in [0.25, 0.3) is 0 Å². The number of benzene rings is 2. The third-order valence-corrected chi connectivity index (χ3v) is 3.81. The number of hydrogen-bond acceptors (Lipinski definition) is 1. The molecule has 16 heavy (non-hydrogen) atoms. The van der Waals surface area contributed by atoms with Crippen molar-refractivity contribution in [3.8, 4) is 0 Å². The van der Waals surface area contributed by atoms with Crippen molar-refractivity contribution in [3.05, 3.63) is 48.0 Å². The molecule has 0 aliphatic carbocycles. The molecule has 0 bridgehead atoms. The van der Waals surface area contributed by atoms with E-state index >= 15 is 0 Å². The van der Waals surface area contributed by atoms with E-state index in [1.807, 2.05) is 0 Å². The number of rotatable bonds is 1. The summed E-state index contributed by atoms with van der Waals surface area (Å²) in [7, 11) is 0. The van der Waals surface area contributed by atoms with Gasteiger partial charge in [0.2, 0.25) is 0 Å². The lowest BCUT2D eigenvalue weighted by Crippen LogP contribution is -2.25. The molecule has 1 aliphatic rings. The molecule has 0 radical (unpaired) electrons. The maximum absolute atomic E-state index is 3.48. The summed E-state index contributed by atoms with van der Waals surface area (Å²) in [5, 5.41) is 6.24. The largest absolute Gasteiger partial charge is 0.316 e. The predicted octanol–water partition coefficient (Wildman–Crippen LogP) is 3.09. The number of nitrogens with one attached hydrogen (secondary N) is 1. The van der Waals surface area contributed by atoms with Gasteiger partial charge < -0.3 is 5.32 Å². The lowest BCUT2D eigenvalue weighted by atomic mass is 9.79. The van der Waals surface area contributed by atoms with Crippen LogP contribution in [0.1, 0.15) is 18.9 Å². The Morgan fingerprint density at radius 1 is 1.06 bits per heavy atom. The number of hydrogen-bond donors (Lipinski definition) is 1. The summed E-state index contributed by atoms with van der Waals surface area (Å²) in [6, 6.07) is 15.4. The molecular weight excluding hydrogens is 194 g/mol. The first kappa shape index (κ1) is 9.86. The van der Waals surface area contributed by atoms with E-state index in [1.165, 1.54) is 22.8 Å². The second kappa shape index (κ2) is 3.60. The summed E-state index contributed by atoms with van der Waals surface area (Å²) in [6.45, 7) is 4.61. The van der Waals surface area contributed by atoms with Gasteiger partial charge in [-0.3, -0.25) is 0 Å². The fourth-order valence-electron chi connectivity index (χ4n) is 2.80. The van der Waals surface area contributed by atoms with E-state index in [-0.39, 0.29) is 0 Å². The van der Waals surface area contributed by atoms with Crippen LogP contribution < -0.4 is 5.32 Å². The number of fused-ring (bicyclic) bond motifs is 1. The maximum atomic E-state index is 3.48. The van der Waals surface area contributed by atoms with Crippen molar-refractivity contribution in [2.45, 2.75) is 18.8 Å². The van der Waals surface area contributed by atoms with Gasteiger partial charge in [-0.1, -0.05) is 49.4 Å². The van der Waals surface area contributed by atoms with Crippen LogP contribution in [-0.4, -0.2) is 13.1 Å². The lowest BCUT2D eigenvalue weighted by Gasteiger charge is -2.25. The Bertz CT molecular complexity index is 504. The van der Waals surface area contributed by atoms with Crippen LogP contribution in [0.2, 0.25) is 0 Å². The van der Waals surface area contributed by atoms with Gasteiger partial charge in [0.05, 0.1) is 0 Å². The predicted molar refractivity (Wildman–Crippen MR) is 68.8 cm³/mol. The molecule has 1 heterocycles. The minimum atomic E-state index is 0.306. The molecule has 1 atom stereocenters. The molecule has 1 saturated heterocycles. The Kier molecular flexibility index (Phi) is 2.22. The van der Waals surface area contributed by atoms with E-state index in [2.05, 4.69) is 54.7 Å². The molecule has 82 valence electrons. The van der Waals surface area contributed by atoms with Crippen LogP contribution in [0.25, 0.3) is 10.8 Å². The highest BCUT2D eigenvalue weighted by molar-refractivity contribution is 5.86. The topological polar surface area (TPSA) is 12.0 Å². The van der Waals surface area contributed by atoms with Gasteiger partial charge in [0.15, 0.2) is 0 Å². The molecule has 3 rings (SSSR count). The Hall–Kier alpha value is -1.34. The molecule has 0 saturated carbocycles. The van der Waals surface area contributed by atoms with Crippen LogP contribution >= 0.6 is 0 Å².